The van der Waals surface area contributed by atoms with Gasteiger partial charge in [0.1, 0.15) is 5.54 Å². The summed E-state index contributed by atoms with van der Waals surface area (Å²) in [6.45, 7) is 2.94. The van der Waals surface area contributed by atoms with Crippen LogP contribution in [-0.2, 0) is 28.0 Å². The molecule has 1 aromatic carbocycles. The smallest absolute Gasteiger partial charge is 0.331 e. The third-order valence-electron chi connectivity index (χ3n) is 4.01. The maximum absolute atomic E-state index is 12.6. The number of nitrogens with one attached hydrogen (secondary N) is 1. The van der Waals surface area contributed by atoms with Crippen LogP contribution >= 0.6 is 11.3 Å². The lowest BCUT2D eigenvalue weighted by Gasteiger charge is -2.29. The van der Waals surface area contributed by atoms with Gasteiger partial charge in [-0.05, 0) is 42.3 Å². The number of rotatable bonds is 5. The zero-order valence-corrected chi connectivity index (χ0v) is 12.9. The van der Waals surface area contributed by atoms with Crippen molar-refractivity contribution >= 4 is 17.3 Å². The second-order valence-electron chi connectivity index (χ2n) is 5.22. The van der Waals surface area contributed by atoms with Crippen LogP contribution in [0, 0.1) is 0 Å². The summed E-state index contributed by atoms with van der Waals surface area (Å²) < 4.78 is 5.36. The van der Waals surface area contributed by atoms with E-state index in [-0.39, 0.29) is 5.97 Å². The van der Waals surface area contributed by atoms with Crippen LogP contribution in [0.1, 0.15) is 29.3 Å². The van der Waals surface area contributed by atoms with Crippen LogP contribution in [-0.4, -0.2) is 12.6 Å². The van der Waals surface area contributed by atoms with Crippen LogP contribution in [0.4, 0.5) is 0 Å². The van der Waals surface area contributed by atoms with E-state index in [1.165, 1.54) is 10.4 Å². The first kappa shape index (κ1) is 14.3. The third-order valence-corrected chi connectivity index (χ3v) is 4.89. The fourth-order valence-corrected chi connectivity index (χ4v) is 3.63. The van der Waals surface area contributed by atoms with Gasteiger partial charge >= 0.3 is 5.97 Å². The number of hydrogen-bond donors (Lipinski definition) is 1. The molecule has 0 saturated carbocycles. The summed E-state index contributed by atoms with van der Waals surface area (Å²) in [5, 5.41) is 5.53. The van der Waals surface area contributed by atoms with Crippen molar-refractivity contribution in [1.82, 2.24) is 5.32 Å². The molecule has 21 heavy (non-hydrogen) atoms. The van der Waals surface area contributed by atoms with E-state index in [1.807, 2.05) is 31.2 Å². The summed E-state index contributed by atoms with van der Waals surface area (Å²) in [5.41, 5.74) is 1.61. The molecule has 3 rings (SSSR count). The van der Waals surface area contributed by atoms with E-state index in [1.54, 1.807) is 11.3 Å². The van der Waals surface area contributed by atoms with Gasteiger partial charge in [-0.15, -0.1) is 11.3 Å². The van der Waals surface area contributed by atoms with Gasteiger partial charge in [0.2, 0.25) is 0 Å². The fourth-order valence-electron chi connectivity index (χ4n) is 2.98. The molecule has 1 unspecified atom stereocenters. The van der Waals surface area contributed by atoms with Crippen molar-refractivity contribution in [2.45, 2.75) is 31.8 Å². The predicted molar refractivity (Wildman–Crippen MR) is 84.2 cm³/mol. The molecule has 3 nitrogen and oxygen atoms in total. The second-order valence-corrected chi connectivity index (χ2v) is 6.25. The van der Waals surface area contributed by atoms with Crippen LogP contribution in [0.5, 0.6) is 0 Å². The van der Waals surface area contributed by atoms with Gasteiger partial charge in [0.15, 0.2) is 0 Å². The Morgan fingerprint density at radius 1 is 1.33 bits per heavy atom. The molecule has 1 aliphatic rings. The molecule has 0 bridgehead atoms. The Morgan fingerprint density at radius 3 is 2.95 bits per heavy atom. The molecule has 1 atom stereocenters. The van der Waals surface area contributed by atoms with Crippen molar-refractivity contribution < 1.29 is 9.53 Å². The molecule has 110 valence electrons. The average molecular weight is 301 g/mol. The van der Waals surface area contributed by atoms with Crippen molar-refractivity contribution in [2.24, 2.45) is 0 Å². The van der Waals surface area contributed by atoms with Gasteiger partial charge in [-0.3, -0.25) is 5.32 Å². The molecule has 0 spiro atoms. The third kappa shape index (κ3) is 2.61. The fraction of sp³-hybridized carbons (Fsp3) is 0.353. The SMILES string of the molecule is CCOC(=O)C1(NCc2cccs2)CCc2ccccc21. The minimum absolute atomic E-state index is 0.161. The molecule has 0 radical (unpaired) electrons. The maximum Gasteiger partial charge on any atom is 0.331 e. The van der Waals surface area contributed by atoms with E-state index < -0.39 is 5.54 Å². The molecule has 4 heteroatoms. The van der Waals surface area contributed by atoms with Gasteiger partial charge in [-0.1, -0.05) is 30.3 Å². The summed E-state index contributed by atoms with van der Waals surface area (Å²) in [5.74, 6) is -0.161. The first-order chi connectivity index (χ1) is 10.3. The molecule has 1 N–H and O–H groups in total. The number of fused-ring (bicyclic) bond motifs is 1. The number of esters is 1. The summed E-state index contributed by atoms with van der Waals surface area (Å²) in [7, 11) is 0. The minimum atomic E-state index is -0.698. The highest BCUT2D eigenvalue weighted by Crippen LogP contribution is 2.38. The lowest BCUT2D eigenvalue weighted by molar-refractivity contribution is -0.151. The number of ether oxygens (including phenoxy) is 1. The highest BCUT2D eigenvalue weighted by atomic mass is 32.1. The van der Waals surface area contributed by atoms with E-state index in [9.17, 15) is 4.79 Å². The van der Waals surface area contributed by atoms with Crippen molar-refractivity contribution in [1.29, 1.82) is 0 Å². The Balaban J connectivity index is 1.91. The van der Waals surface area contributed by atoms with Crippen molar-refractivity contribution in [3.8, 4) is 0 Å². The number of carbonyl (C=O) groups is 1. The Hall–Kier alpha value is -1.65. The first-order valence-electron chi connectivity index (χ1n) is 7.29. The van der Waals surface area contributed by atoms with Gasteiger partial charge in [-0.2, -0.15) is 0 Å². The van der Waals surface area contributed by atoms with E-state index in [0.717, 1.165) is 18.4 Å². The topological polar surface area (TPSA) is 38.3 Å². The summed E-state index contributed by atoms with van der Waals surface area (Å²) >= 11 is 1.70. The monoisotopic (exact) mass is 301 g/mol. The Kier molecular flexibility index (Phi) is 4.08. The van der Waals surface area contributed by atoms with Gasteiger partial charge < -0.3 is 4.74 Å². The molecule has 1 heterocycles. The van der Waals surface area contributed by atoms with E-state index >= 15 is 0 Å². The van der Waals surface area contributed by atoms with Gasteiger partial charge in [0.25, 0.3) is 0 Å². The van der Waals surface area contributed by atoms with E-state index in [4.69, 9.17) is 4.74 Å². The highest BCUT2D eigenvalue weighted by molar-refractivity contribution is 7.09. The normalized spacial score (nSPS) is 20.2. The molecular weight excluding hydrogens is 282 g/mol. The highest BCUT2D eigenvalue weighted by Gasteiger charge is 2.46. The Bertz CT molecular complexity index is 623. The van der Waals surface area contributed by atoms with Gasteiger partial charge in [-0.25, -0.2) is 4.79 Å². The summed E-state index contributed by atoms with van der Waals surface area (Å²) in [6, 6.07) is 12.3. The number of carbonyl (C=O) groups excluding carboxylic acids is 1. The molecule has 0 aliphatic heterocycles. The summed E-state index contributed by atoms with van der Waals surface area (Å²) in [4.78, 5) is 13.8. The van der Waals surface area contributed by atoms with Crippen molar-refractivity contribution in [3.63, 3.8) is 0 Å². The second kappa shape index (κ2) is 6.00. The van der Waals surface area contributed by atoms with E-state index in [0.29, 0.717) is 13.2 Å². The van der Waals surface area contributed by atoms with Crippen molar-refractivity contribution in [3.05, 3.63) is 57.8 Å². The van der Waals surface area contributed by atoms with Gasteiger partial charge in [0.05, 0.1) is 6.61 Å². The number of hydrogen-bond acceptors (Lipinski definition) is 4. The van der Waals surface area contributed by atoms with Gasteiger partial charge in [0, 0.05) is 11.4 Å². The Morgan fingerprint density at radius 2 is 2.19 bits per heavy atom. The largest absolute Gasteiger partial charge is 0.464 e. The maximum atomic E-state index is 12.6. The lowest BCUT2D eigenvalue weighted by atomic mass is 9.91. The molecule has 1 aliphatic carbocycles. The quantitative estimate of drug-likeness (QED) is 0.862. The van der Waals surface area contributed by atoms with Crippen LogP contribution in [0.3, 0.4) is 0 Å². The van der Waals surface area contributed by atoms with Crippen LogP contribution in [0.15, 0.2) is 41.8 Å². The standard InChI is InChI=1S/C17H19NO2S/c1-2-20-16(19)17(18-12-14-7-5-11-21-14)10-9-13-6-3-4-8-15(13)17/h3-8,11,18H,2,9-10,12H2,1H3. The van der Waals surface area contributed by atoms with Crippen LogP contribution in [0.25, 0.3) is 0 Å². The van der Waals surface area contributed by atoms with Crippen LogP contribution in [0.2, 0.25) is 0 Å². The molecular formula is C17H19NO2S. The van der Waals surface area contributed by atoms with Crippen LogP contribution < -0.4 is 5.32 Å². The predicted octanol–water partition coefficient (Wildman–Crippen LogP) is 3.24. The summed E-state index contributed by atoms with van der Waals surface area (Å²) in [6.07, 6.45) is 1.67. The zero-order chi connectivity index (χ0) is 14.7. The molecule has 1 aromatic heterocycles. The molecule has 0 fully saturated rings. The minimum Gasteiger partial charge on any atom is -0.464 e. The lowest BCUT2D eigenvalue weighted by Crippen LogP contribution is -2.48. The number of benzene rings is 1. The number of aryl methyl sites for hydroxylation is 1. The average Bonchev–Trinajstić information content (AvgIpc) is 3.14. The number of thiophene rings is 1. The Labute approximate surface area is 129 Å². The van der Waals surface area contributed by atoms with Crippen molar-refractivity contribution in [2.75, 3.05) is 6.61 Å². The van der Waals surface area contributed by atoms with E-state index in [2.05, 4.69) is 22.8 Å². The first-order valence-corrected chi connectivity index (χ1v) is 8.17. The molecule has 2 aromatic rings. The zero-order valence-electron chi connectivity index (χ0n) is 12.1. The molecule has 0 amide bonds. The molecule has 0 saturated heterocycles.